The molecule has 6 aromatic heterocycles. The van der Waals surface area contributed by atoms with Crippen LogP contribution in [0.1, 0.15) is 58.3 Å². The van der Waals surface area contributed by atoms with E-state index in [-0.39, 0.29) is 23.7 Å². The van der Waals surface area contributed by atoms with Gasteiger partial charge in [-0.3, -0.25) is 20.4 Å². The van der Waals surface area contributed by atoms with E-state index in [0.29, 0.717) is 41.3 Å². The van der Waals surface area contributed by atoms with Crippen LogP contribution in [0.3, 0.4) is 0 Å². The Hall–Kier alpha value is -7.19. The van der Waals surface area contributed by atoms with Crippen LogP contribution >= 0.6 is 0 Å². The summed E-state index contributed by atoms with van der Waals surface area (Å²) in [5.41, 5.74) is 10.4. The number of nitrogen functional groups attached to an aromatic ring is 1. The van der Waals surface area contributed by atoms with Gasteiger partial charge in [0.25, 0.3) is 0 Å². The zero-order valence-corrected chi connectivity index (χ0v) is 32.3. The number of nitrogens with two attached hydrogens (primary N) is 1. The molecule has 0 unspecified atom stereocenters. The second-order valence-electron chi connectivity index (χ2n) is 14.2. The number of fused-ring (bicyclic) bond motifs is 10. The van der Waals surface area contributed by atoms with Gasteiger partial charge in [0.1, 0.15) is 5.82 Å². The number of rotatable bonds is 3. The Morgan fingerprint density at radius 2 is 1.47 bits per heavy atom. The Balaban J connectivity index is 0.000000140. The fourth-order valence-electron chi connectivity index (χ4n) is 7.46. The largest absolute Gasteiger partial charge is 0.463 e. The van der Waals surface area contributed by atoms with Crippen molar-refractivity contribution in [1.82, 2.24) is 50.3 Å². The lowest BCUT2D eigenvalue weighted by molar-refractivity contribution is 0.0578. The SMILES string of the molecule is COC(=O)c1ncc2c(n1)N(C(=O)Nc1n[nH]c3nc(C)ccc13)[C@H]1CCCN2C1.COC(=O)c1ncc2c(n1)N[C@H]1CCCN2C1.Cc1ccc2c(N)[nH]nc2n1. The molecule has 0 saturated carbocycles. The van der Waals surface area contributed by atoms with Gasteiger partial charge in [-0.2, -0.15) is 10.2 Å². The molecule has 10 rings (SSSR count). The van der Waals surface area contributed by atoms with Gasteiger partial charge in [-0.15, -0.1) is 0 Å². The minimum absolute atomic E-state index is 0.0720. The number of amides is 2. The molecule has 21 heteroatoms. The van der Waals surface area contributed by atoms with Crippen LogP contribution in [0.15, 0.2) is 36.7 Å². The van der Waals surface area contributed by atoms with Crippen LogP contribution in [0, 0.1) is 13.8 Å². The first-order valence-electron chi connectivity index (χ1n) is 18.8. The summed E-state index contributed by atoms with van der Waals surface area (Å²) >= 11 is 0. The van der Waals surface area contributed by atoms with Gasteiger partial charge in [-0.1, -0.05) is 0 Å². The highest BCUT2D eigenvalue weighted by molar-refractivity contribution is 6.07. The monoisotopic (exact) mass is 790 g/mol. The van der Waals surface area contributed by atoms with Gasteiger partial charge in [0.05, 0.1) is 54.8 Å². The Labute approximate surface area is 331 Å². The number of piperidine rings is 2. The molecule has 4 bridgehead atoms. The number of hydrogen-bond donors (Lipinski definition) is 5. The molecule has 2 saturated heterocycles. The molecule has 2 amide bonds. The fourth-order valence-corrected chi connectivity index (χ4v) is 7.46. The second kappa shape index (κ2) is 15.7. The van der Waals surface area contributed by atoms with Crippen LogP contribution < -0.4 is 31.1 Å². The summed E-state index contributed by atoms with van der Waals surface area (Å²) in [6.07, 6.45) is 7.38. The average molecular weight is 791 g/mol. The molecule has 0 spiro atoms. The molecule has 2 atom stereocenters. The van der Waals surface area contributed by atoms with E-state index < -0.39 is 11.9 Å². The van der Waals surface area contributed by atoms with Crippen molar-refractivity contribution in [3.8, 4) is 0 Å². The number of nitrogens with zero attached hydrogens (tertiary/aromatic N) is 11. The number of nitrogens with one attached hydrogen (secondary N) is 4. The number of pyridine rings is 2. The van der Waals surface area contributed by atoms with Gasteiger partial charge in [0, 0.05) is 43.6 Å². The van der Waals surface area contributed by atoms with Crippen LogP contribution in [0.5, 0.6) is 0 Å². The maximum Gasteiger partial charge on any atom is 0.376 e. The summed E-state index contributed by atoms with van der Waals surface area (Å²) in [6.45, 7) is 7.37. The zero-order chi connectivity index (χ0) is 40.5. The number of carbonyl (C=O) groups excluding carboxylic acids is 3. The standard InChI is InChI=1S/C19H20N8O3.C11H14N4O2.C7H8N4/c1-10-5-6-12-14(21-10)24-25-15(12)23-19(29)27-11-4-3-7-26(9-11)13-8-20-16(18(28)30-2)22-17(13)27;1-17-11(16)10-12-5-8-9(14-10)13-7-3-2-4-15(8)6-7;1-4-2-3-5-6(8)10-11-7(5)9-4/h5-6,8,11H,3-4,7,9H2,1-2H3,(H2,21,23,24,25,29);5,7H,2-4,6H2,1H3,(H,12,13,14);2-3H,1H3,(H3,8,9,10,11)/t11-;7-;/m00./s1. The number of esters is 2. The number of ether oxygens (including phenoxy) is 2. The van der Waals surface area contributed by atoms with Crippen LogP contribution in [-0.4, -0.2) is 121 Å². The first-order chi connectivity index (χ1) is 28.1. The summed E-state index contributed by atoms with van der Waals surface area (Å²) in [4.78, 5) is 68.0. The lowest BCUT2D eigenvalue weighted by Crippen LogP contribution is -2.56. The number of aryl methyl sites for hydroxylation is 2. The number of urea groups is 1. The molecule has 6 N–H and O–H groups in total. The fraction of sp³-hybridized carbons (Fsp3) is 0.378. The summed E-state index contributed by atoms with van der Waals surface area (Å²) in [5, 5.41) is 21.5. The molecule has 10 heterocycles. The molecule has 0 radical (unpaired) electrons. The van der Waals surface area contributed by atoms with Gasteiger partial charge < -0.3 is 30.3 Å². The Kier molecular flexibility index (Phi) is 10.2. The van der Waals surface area contributed by atoms with Crippen LogP contribution in [-0.2, 0) is 9.47 Å². The third-order valence-corrected chi connectivity index (χ3v) is 10.3. The topological polar surface area (TPSA) is 264 Å². The van der Waals surface area contributed by atoms with Crippen LogP contribution in [0.4, 0.5) is 39.4 Å². The number of hydrogen-bond acceptors (Lipinski definition) is 17. The van der Waals surface area contributed by atoms with Crippen molar-refractivity contribution < 1.29 is 23.9 Å². The van der Waals surface area contributed by atoms with Gasteiger partial charge in [0.2, 0.25) is 11.6 Å². The quantitative estimate of drug-likeness (QED) is 0.161. The minimum Gasteiger partial charge on any atom is -0.463 e. The lowest BCUT2D eigenvalue weighted by Gasteiger charge is -2.45. The number of aromatic amines is 2. The van der Waals surface area contributed by atoms with E-state index in [2.05, 4.69) is 75.5 Å². The highest BCUT2D eigenvalue weighted by atomic mass is 16.5. The highest BCUT2D eigenvalue weighted by Gasteiger charge is 2.39. The zero-order valence-electron chi connectivity index (χ0n) is 32.3. The number of carbonyl (C=O) groups is 3. The summed E-state index contributed by atoms with van der Waals surface area (Å²) in [5.74, 6) is 0.991. The molecule has 6 aromatic rings. The minimum atomic E-state index is -0.649. The van der Waals surface area contributed by atoms with Gasteiger partial charge in [-0.05, 0) is 63.8 Å². The molecule has 4 aliphatic rings. The molecule has 300 valence electrons. The second-order valence-corrected chi connectivity index (χ2v) is 14.2. The molecule has 2 fully saturated rings. The molecular weight excluding hydrogens is 749 g/mol. The third-order valence-electron chi connectivity index (χ3n) is 10.3. The molecule has 21 nitrogen and oxygen atoms in total. The van der Waals surface area contributed by atoms with Crippen LogP contribution in [0.25, 0.3) is 22.1 Å². The van der Waals surface area contributed by atoms with Crippen molar-refractivity contribution in [2.45, 2.75) is 51.6 Å². The Bertz CT molecular complexity index is 2520. The first kappa shape index (κ1) is 37.7. The van der Waals surface area contributed by atoms with E-state index in [1.54, 1.807) is 17.3 Å². The normalized spacial score (nSPS) is 17.4. The summed E-state index contributed by atoms with van der Waals surface area (Å²) in [7, 11) is 2.60. The maximum atomic E-state index is 13.3. The average Bonchev–Trinajstić information content (AvgIpc) is 3.81. The molecular formula is C37H42N16O5. The van der Waals surface area contributed by atoms with Crippen molar-refractivity contribution in [1.29, 1.82) is 0 Å². The van der Waals surface area contributed by atoms with E-state index in [4.69, 9.17) is 10.5 Å². The maximum absolute atomic E-state index is 13.3. The summed E-state index contributed by atoms with van der Waals surface area (Å²) in [6, 6.07) is 7.53. The Morgan fingerprint density at radius 3 is 2.22 bits per heavy atom. The predicted molar refractivity (Wildman–Crippen MR) is 214 cm³/mol. The van der Waals surface area contributed by atoms with Crippen molar-refractivity contribution in [3.05, 3.63) is 59.7 Å². The van der Waals surface area contributed by atoms with E-state index in [1.807, 2.05) is 38.1 Å². The Morgan fingerprint density at radius 1 is 0.793 bits per heavy atom. The van der Waals surface area contributed by atoms with Crippen molar-refractivity contribution in [2.75, 3.05) is 71.5 Å². The van der Waals surface area contributed by atoms with Crippen molar-refractivity contribution in [3.63, 3.8) is 0 Å². The van der Waals surface area contributed by atoms with Gasteiger partial charge in [-0.25, -0.2) is 44.3 Å². The summed E-state index contributed by atoms with van der Waals surface area (Å²) < 4.78 is 9.36. The van der Waals surface area contributed by atoms with E-state index in [9.17, 15) is 14.4 Å². The molecule has 0 aromatic carbocycles. The van der Waals surface area contributed by atoms with E-state index >= 15 is 0 Å². The molecule has 0 aliphatic carbocycles. The van der Waals surface area contributed by atoms with Crippen molar-refractivity contribution in [2.24, 2.45) is 0 Å². The number of H-pyrrole nitrogens is 2. The van der Waals surface area contributed by atoms with E-state index in [0.717, 1.165) is 78.2 Å². The first-order valence-corrected chi connectivity index (χ1v) is 18.8. The number of aromatic nitrogens is 10. The number of anilines is 6. The van der Waals surface area contributed by atoms with Crippen LogP contribution in [0.2, 0.25) is 0 Å². The van der Waals surface area contributed by atoms with Gasteiger partial charge in [0.15, 0.2) is 28.7 Å². The third kappa shape index (κ3) is 7.40. The smallest absolute Gasteiger partial charge is 0.376 e. The number of methoxy groups -OCH3 is 2. The highest BCUT2D eigenvalue weighted by Crippen LogP contribution is 2.38. The van der Waals surface area contributed by atoms with E-state index in [1.165, 1.54) is 20.6 Å². The van der Waals surface area contributed by atoms with Crippen molar-refractivity contribution >= 4 is 74.7 Å². The predicted octanol–water partition coefficient (Wildman–Crippen LogP) is 3.37. The van der Waals surface area contributed by atoms with Gasteiger partial charge >= 0.3 is 18.0 Å². The molecule has 4 aliphatic heterocycles. The molecule has 58 heavy (non-hydrogen) atoms. The lowest BCUT2D eigenvalue weighted by atomic mass is 10.0.